The van der Waals surface area contributed by atoms with Crippen molar-refractivity contribution in [1.82, 2.24) is 7.10 Å². The number of fused-ring (bicyclic) bond motifs is 14. The normalized spacial score (nSPS) is 15.6. The molecule has 6 heterocycles. The number of halogens is 8. The Balaban J connectivity index is 1.42. The van der Waals surface area contributed by atoms with Gasteiger partial charge in [-0.15, -0.1) is 0 Å². The van der Waals surface area contributed by atoms with E-state index in [1.807, 2.05) is 0 Å². The molecular weight excluding hydrogens is 834 g/mol. The lowest BCUT2D eigenvalue weighted by atomic mass is 10.1. The van der Waals surface area contributed by atoms with E-state index in [1.54, 1.807) is 18.2 Å². The van der Waals surface area contributed by atoms with Crippen LogP contribution in [-0.2, 0) is 8.14 Å². The molecule has 5 aromatic carbocycles. The summed E-state index contributed by atoms with van der Waals surface area (Å²) in [6.45, 7) is 3.80. The molecule has 0 radical (unpaired) electrons. The van der Waals surface area contributed by atoms with Gasteiger partial charge in [0, 0.05) is 49.1 Å². The first-order valence-electron chi connectivity index (χ1n) is 17.6. The van der Waals surface area contributed by atoms with E-state index in [4.69, 9.17) is 23.5 Å². The van der Waals surface area contributed by atoms with E-state index in [0.29, 0.717) is 0 Å². The maximum absolute atomic E-state index is 15.5. The highest BCUT2D eigenvalue weighted by molar-refractivity contribution is 7.70. The molecule has 0 aliphatic carbocycles. The van der Waals surface area contributed by atoms with Gasteiger partial charge in [0.25, 0.3) is 0 Å². The topological polar surface area (TPSA) is 110 Å². The minimum Gasteiger partial charge on any atom is -0.410 e. The van der Waals surface area contributed by atoms with Crippen molar-refractivity contribution in [3.63, 3.8) is 0 Å². The van der Waals surface area contributed by atoms with E-state index in [1.165, 1.54) is 19.2 Å². The molecule has 20 heteroatoms. The van der Waals surface area contributed by atoms with E-state index in [9.17, 15) is 0 Å². The van der Waals surface area contributed by atoms with Gasteiger partial charge in [-0.3, -0.25) is 4.57 Å². The van der Waals surface area contributed by atoms with Gasteiger partial charge in [0.1, 0.15) is 22.6 Å². The van der Waals surface area contributed by atoms with Crippen LogP contribution in [0.5, 0.6) is 0 Å². The summed E-state index contributed by atoms with van der Waals surface area (Å²) < 4.78 is 146. The molecule has 0 amide bonds. The van der Waals surface area contributed by atoms with E-state index < -0.39 is 68.8 Å². The summed E-state index contributed by atoms with van der Waals surface area (Å²) in [6, 6.07) is 14.2. The number of benzene rings is 5. The third kappa shape index (κ3) is 5.13. The lowest BCUT2D eigenvalue weighted by molar-refractivity contribution is 0.492. The molecule has 60 heavy (non-hydrogen) atoms. The molecular formula is C40H16AlF8N8O2P. The van der Waals surface area contributed by atoms with Crippen molar-refractivity contribution in [2.75, 3.05) is 0 Å². The van der Waals surface area contributed by atoms with E-state index in [-0.39, 0.29) is 95.1 Å². The highest BCUT2D eigenvalue weighted by Crippen LogP contribution is 2.50. The van der Waals surface area contributed by atoms with E-state index >= 15 is 39.7 Å². The molecule has 292 valence electrons. The number of nitrogens with zero attached hydrogens (tertiary/aromatic N) is 8. The van der Waals surface area contributed by atoms with E-state index in [0.717, 1.165) is 54.3 Å². The zero-order valence-electron chi connectivity index (χ0n) is 29.7. The molecule has 2 aromatic heterocycles. The van der Waals surface area contributed by atoms with Crippen molar-refractivity contribution < 1.29 is 43.3 Å². The van der Waals surface area contributed by atoms with Crippen molar-refractivity contribution in [1.29, 1.82) is 0 Å². The molecule has 0 spiro atoms. The Bertz CT molecular complexity index is 3340. The predicted molar refractivity (Wildman–Crippen MR) is 206 cm³/mol. The van der Waals surface area contributed by atoms with Gasteiger partial charge in [0.2, 0.25) is 7.37 Å². The second-order valence-corrected chi connectivity index (χ2v) is 18.4. The van der Waals surface area contributed by atoms with Crippen LogP contribution in [0.15, 0.2) is 121 Å². The summed E-state index contributed by atoms with van der Waals surface area (Å²) in [7, 11) is -4.29. The molecule has 10 nitrogen and oxygen atoms in total. The van der Waals surface area contributed by atoms with Gasteiger partial charge >= 0.3 is 14.9 Å². The van der Waals surface area contributed by atoms with Crippen LogP contribution in [0.2, 0.25) is 0 Å². The zero-order chi connectivity index (χ0) is 41.5. The molecule has 6 bridgehead atoms. The standard InChI is InChI=1S/C32H8F8N8.C8H9O2P.Al/c33-17-1-9-10(2-18(17)34)26-41-25(9)45-27-11-3-19(35)20(36)4-12(11)29(42-27)47-31-15-7-23(39)24(40)8-16(15)32(44-31)48-30-14-6-22(38)21(37)5-13(14)28(43-30)46-26;1-2-11(9,10)8-6-4-3-5-7-8;/h1-8H;2-7H,1H2,(H,9,10);/q-2;;+3/p-1. The largest absolute Gasteiger partial charge is 0.815 e. The molecule has 11 rings (SSSR count). The summed E-state index contributed by atoms with van der Waals surface area (Å²) in [5.74, 6) is -11.4. The number of hydrogen-bond acceptors (Lipinski definition) is 8. The Labute approximate surface area is 334 Å². The smallest absolute Gasteiger partial charge is 0.410 e. The minimum absolute atomic E-state index is 0.101. The van der Waals surface area contributed by atoms with Crippen LogP contribution in [0.3, 0.4) is 0 Å². The first-order valence-corrected chi connectivity index (χ1v) is 20.8. The molecule has 0 saturated heterocycles. The van der Waals surface area contributed by atoms with Crippen LogP contribution in [-0.4, -0.2) is 45.4 Å². The number of amidine groups is 4. The first-order chi connectivity index (χ1) is 28.8. The van der Waals surface area contributed by atoms with Crippen molar-refractivity contribution in [3.8, 4) is 0 Å². The van der Waals surface area contributed by atoms with Crippen LogP contribution >= 0.6 is 7.37 Å². The summed E-state index contributed by atoms with van der Waals surface area (Å²) in [5.41, 5.74) is -1.01. The third-order valence-electron chi connectivity index (χ3n) is 10.4. The molecule has 0 saturated carbocycles. The molecule has 7 aromatic rings. The molecule has 1 atom stereocenters. The van der Waals surface area contributed by atoms with Crippen LogP contribution in [0, 0.1) is 46.5 Å². The van der Waals surface area contributed by atoms with Gasteiger partial charge in [-0.2, -0.15) is 0 Å². The molecule has 4 aliphatic rings. The first kappa shape index (κ1) is 36.4. The maximum atomic E-state index is 15.5. The lowest BCUT2D eigenvalue weighted by Gasteiger charge is -2.24. The van der Waals surface area contributed by atoms with Gasteiger partial charge in [-0.25, -0.2) is 65.1 Å². The average molecular weight is 851 g/mol. The van der Waals surface area contributed by atoms with E-state index in [2.05, 4.69) is 16.6 Å². The summed E-state index contributed by atoms with van der Waals surface area (Å²) in [4.78, 5) is 27.9. The Kier molecular flexibility index (Phi) is 7.70. The van der Waals surface area contributed by atoms with Gasteiger partial charge in [0.15, 0.2) is 69.9 Å². The van der Waals surface area contributed by atoms with Gasteiger partial charge in [-0.1, -0.05) is 24.8 Å². The number of aliphatic imine (C=N–C) groups is 4. The molecule has 1 unspecified atom stereocenters. The quantitative estimate of drug-likeness (QED) is 0.102. The van der Waals surface area contributed by atoms with Crippen molar-refractivity contribution >= 4 is 84.1 Å². The van der Waals surface area contributed by atoms with Crippen molar-refractivity contribution in [2.24, 2.45) is 30.0 Å². The monoisotopic (exact) mass is 850 g/mol. The Morgan fingerprint density at radius 3 is 1.27 bits per heavy atom. The highest BCUT2D eigenvalue weighted by atomic mass is 31.2. The second-order valence-electron chi connectivity index (χ2n) is 13.8. The molecule has 4 aliphatic heterocycles. The fourth-order valence-electron chi connectivity index (χ4n) is 7.64. The fourth-order valence-corrected chi connectivity index (χ4v) is 13.0. The molecule has 0 fully saturated rings. The van der Waals surface area contributed by atoms with Crippen LogP contribution < -0.4 is 16.3 Å². The average Bonchev–Trinajstić information content (AvgIpc) is 3.90. The zero-order valence-corrected chi connectivity index (χ0v) is 31.8. The third-order valence-corrected chi connectivity index (χ3v) is 15.8. The Morgan fingerprint density at radius 2 is 0.867 bits per heavy atom. The van der Waals surface area contributed by atoms with Gasteiger partial charge in [-0.05, 0) is 66.5 Å². The summed E-state index contributed by atoms with van der Waals surface area (Å²) >= 11 is -4.25. The van der Waals surface area contributed by atoms with Crippen LogP contribution in [0.25, 0.3) is 21.5 Å². The minimum atomic E-state index is -4.29. The number of hydrogen-bond donors (Lipinski definition) is 0. The fraction of sp³-hybridized carbons (Fsp3) is 0. The maximum Gasteiger partial charge on any atom is 0.815 e. The lowest BCUT2D eigenvalue weighted by Crippen LogP contribution is -2.48. The van der Waals surface area contributed by atoms with Crippen molar-refractivity contribution in [3.05, 3.63) is 171 Å². The SMILES string of the molecule is C=CP(=O)([O][Al]1[n]2c3c4cc(F)c(F)cc4c2N=C2N=C(N=c4c5cc(F)c(F)cc5c([n]41)=NC1=NC(=N3)c3cc(F)c(F)cc31)c1cc(F)c(F)cc12)c1ccccc1. The van der Waals surface area contributed by atoms with Gasteiger partial charge < -0.3 is 10.7 Å². The Morgan fingerprint density at radius 1 is 0.500 bits per heavy atom. The molecule has 0 N–H and O–H groups in total. The summed E-state index contributed by atoms with van der Waals surface area (Å²) in [6.07, 6.45) is 0. The summed E-state index contributed by atoms with van der Waals surface area (Å²) in [5, 5.41) is -0.535. The second kappa shape index (κ2) is 12.7. The van der Waals surface area contributed by atoms with Gasteiger partial charge in [0.05, 0.1) is 0 Å². The number of aromatic nitrogens is 2. The van der Waals surface area contributed by atoms with Crippen LogP contribution in [0.4, 0.5) is 46.8 Å². The Hall–Kier alpha value is -6.64. The number of rotatable bonds is 4. The highest BCUT2D eigenvalue weighted by Gasteiger charge is 2.47. The van der Waals surface area contributed by atoms with Crippen LogP contribution in [0.1, 0.15) is 22.3 Å². The predicted octanol–water partition coefficient (Wildman–Crippen LogP) is 7.80. The van der Waals surface area contributed by atoms with Crippen molar-refractivity contribution in [2.45, 2.75) is 0 Å².